The number of hydrogen-bond donors (Lipinski definition) is 7. The lowest BCUT2D eigenvalue weighted by Crippen LogP contribution is -2.55. The smallest absolute Gasteiger partial charge is 0.415 e. The van der Waals surface area contributed by atoms with E-state index >= 15 is 0 Å². The number of urea groups is 1. The van der Waals surface area contributed by atoms with Gasteiger partial charge in [0.25, 0.3) is 17.7 Å². The van der Waals surface area contributed by atoms with E-state index in [0.29, 0.717) is 36.9 Å². The molecule has 0 unspecified atom stereocenters. The Morgan fingerprint density at radius 2 is 1.32 bits per heavy atom. The standard InChI is InChI=1S/C81H119N11O19/c1-21-49(8)69(62(107-19)43-65(96)90-40-26-30-59(90)71(108-20)50(9)72(99)84-51(10)70(98)53-27-23-22-24-28-53)88(17)76(103)56(46(2)3)42-61(93)68(48(6)7)89(18)78(105)109-45-52-31-34-55(35-32-52)85-74(101)57(29-25-39-83-77(82)104)86-75(102)67(47(4)5)87-73(100)54-33-36-58(92-63(94)37-38-64(92)95)60(41-54)91(79(106)111-81(14,15)16)44-66(97)110-80(11,12)13/h22-24,27-28,31-38,41,46-51,56-57,59,62,67-71,98H,21,25-26,29-30,39-40,42-45H2,1-20H3,(H,84,99)(H,85,101)(H,86,102)(H,87,100)(H3,82,83,104)/t49-,50+,51-,56-,57-,59-,62+,67-,68-,69+,70-,71-/m0/s1. The number of ketones is 1. The third-order valence-electron chi connectivity index (χ3n) is 19.8. The number of benzene rings is 3. The molecule has 8 N–H and O–H groups in total. The molecule has 0 saturated carbocycles. The molecule has 0 aliphatic carbocycles. The predicted octanol–water partition coefficient (Wildman–Crippen LogP) is 8.51. The van der Waals surface area contributed by atoms with Crippen molar-refractivity contribution in [3.63, 3.8) is 0 Å². The molecular weight excluding hydrogens is 1430 g/mol. The molecule has 0 bridgehead atoms. The molecule has 0 spiro atoms. The highest BCUT2D eigenvalue weighted by Gasteiger charge is 2.45. The second kappa shape index (κ2) is 41.5. The molecule has 612 valence electrons. The first-order valence-electron chi connectivity index (χ1n) is 38.0. The van der Waals surface area contributed by atoms with Crippen LogP contribution in [0.3, 0.4) is 0 Å². The van der Waals surface area contributed by atoms with Crippen LogP contribution in [0.2, 0.25) is 0 Å². The number of likely N-dealkylation sites (tertiary alicyclic amines) is 1. The lowest BCUT2D eigenvalue weighted by Gasteiger charge is -2.41. The van der Waals surface area contributed by atoms with Gasteiger partial charge in [-0.05, 0) is 139 Å². The fourth-order valence-electron chi connectivity index (χ4n) is 13.8. The highest BCUT2D eigenvalue weighted by atomic mass is 16.6. The Kier molecular flexibility index (Phi) is 34.3. The van der Waals surface area contributed by atoms with Gasteiger partial charge in [-0.2, -0.15) is 0 Å². The Morgan fingerprint density at radius 1 is 0.703 bits per heavy atom. The van der Waals surface area contributed by atoms with Crippen molar-refractivity contribution in [3.8, 4) is 0 Å². The van der Waals surface area contributed by atoms with E-state index in [-0.39, 0.29) is 96.8 Å². The van der Waals surface area contributed by atoms with Gasteiger partial charge in [-0.25, -0.2) is 19.3 Å². The summed E-state index contributed by atoms with van der Waals surface area (Å²) in [5, 5.41) is 24.6. The van der Waals surface area contributed by atoms with Crippen molar-refractivity contribution in [2.45, 2.75) is 228 Å². The first-order chi connectivity index (χ1) is 51.9. The number of nitrogens with two attached hydrogens (primary N) is 1. The van der Waals surface area contributed by atoms with E-state index in [0.717, 1.165) is 28.0 Å². The molecular formula is C81H119N11O19. The van der Waals surface area contributed by atoms with Crippen molar-refractivity contribution in [2.24, 2.45) is 41.2 Å². The van der Waals surface area contributed by atoms with Gasteiger partial charge in [-0.15, -0.1) is 0 Å². The number of esters is 1. The van der Waals surface area contributed by atoms with Gasteiger partial charge in [0.2, 0.25) is 29.5 Å². The van der Waals surface area contributed by atoms with Crippen molar-refractivity contribution in [3.05, 3.63) is 102 Å². The third kappa shape index (κ3) is 26.2. The van der Waals surface area contributed by atoms with E-state index < -0.39 is 150 Å². The van der Waals surface area contributed by atoms with Crippen molar-refractivity contribution in [1.82, 2.24) is 36.0 Å². The van der Waals surface area contributed by atoms with Gasteiger partial charge < -0.3 is 75.8 Å². The summed E-state index contributed by atoms with van der Waals surface area (Å²) in [4.78, 5) is 186. The minimum Gasteiger partial charge on any atom is -0.459 e. The minimum absolute atomic E-state index is 0.0243. The third-order valence-corrected chi connectivity index (χ3v) is 19.8. The lowest BCUT2D eigenvalue weighted by atomic mass is 9.83. The van der Waals surface area contributed by atoms with Crippen LogP contribution in [0.4, 0.5) is 31.4 Å². The summed E-state index contributed by atoms with van der Waals surface area (Å²) in [5.41, 5.74) is 3.94. The van der Waals surface area contributed by atoms with E-state index in [2.05, 4.69) is 26.6 Å². The van der Waals surface area contributed by atoms with Gasteiger partial charge in [0, 0.05) is 77.1 Å². The van der Waals surface area contributed by atoms with Crippen LogP contribution in [0, 0.1) is 35.5 Å². The zero-order valence-corrected chi connectivity index (χ0v) is 68.1. The number of nitrogens with one attached hydrogen (secondary N) is 5. The number of Topliss-reactive ketones (excluding diaryl/α,β-unsaturated/α-hetero) is 1. The average molecular weight is 1550 g/mol. The van der Waals surface area contributed by atoms with Crippen LogP contribution in [0.15, 0.2) is 84.9 Å². The maximum Gasteiger partial charge on any atom is 0.415 e. The highest BCUT2D eigenvalue weighted by molar-refractivity contribution is 6.29. The zero-order valence-electron chi connectivity index (χ0n) is 68.1. The van der Waals surface area contributed by atoms with Crippen molar-refractivity contribution in [1.29, 1.82) is 0 Å². The van der Waals surface area contributed by atoms with Gasteiger partial charge in [0.15, 0.2) is 5.78 Å². The van der Waals surface area contributed by atoms with Gasteiger partial charge >= 0.3 is 24.2 Å². The molecule has 0 radical (unpaired) electrons. The summed E-state index contributed by atoms with van der Waals surface area (Å²) in [6.45, 7) is 26.9. The van der Waals surface area contributed by atoms with E-state index in [4.69, 9.17) is 29.4 Å². The van der Waals surface area contributed by atoms with Crippen LogP contribution < -0.4 is 42.1 Å². The molecule has 2 aliphatic rings. The summed E-state index contributed by atoms with van der Waals surface area (Å²) in [7, 11) is 6.12. The number of amides is 12. The summed E-state index contributed by atoms with van der Waals surface area (Å²) in [6, 6.07) is 12.8. The number of hydrogen-bond acceptors (Lipinski definition) is 19. The Bertz CT molecular complexity index is 3760. The van der Waals surface area contributed by atoms with Gasteiger partial charge in [0.1, 0.15) is 36.4 Å². The fraction of sp³-hybridized carbons (Fsp3) is 0.593. The summed E-state index contributed by atoms with van der Waals surface area (Å²) in [5.74, 6) is -9.25. The van der Waals surface area contributed by atoms with Gasteiger partial charge in [-0.3, -0.25) is 52.8 Å². The second-order valence-corrected chi connectivity index (χ2v) is 31.7. The summed E-state index contributed by atoms with van der Waals surface area (Å²) in [6.07, 6.45) is -0.650. The highest BCUT2D eigenvalue weighted by Crippen LogP contribution is 2.36. The van der Waals surface area contributed by atoms with Crippen molar-refractivity contribution >= 4 is 94.3 Å². The average Bonchev–Trinajstić information content (AvgIpc) is 1.76. The van der Waals surface area contributed by atoms with E-state index in [1.165, 1.54) is 50.4 Å². The van der Waals surface area contributed by atoms with E-state index in [9.17, 15) is 67.4 Å². The molecule has 0 aromatic heterocycles. The van der Waals surface area contributed by atoms with Crippen molar-refractivity contribution < 1.29 is 91.1 Å². The molecule has 3 aromatic rings. The molecule has 2 aliphatic heterocycles. The number of anilines is 3. The number of aliphatic hydroxyl groups excluding tert-OH is 1. The molecule has 1 saturated heterocycles. The normalized spacial score (nSPS) is 16.7. The lowest BCUT2D eigenvalue weighted by molar-refractivity contribution is -0.153. The molecule has 2 heterocycles. The Hall–Kier alpha value is -9.81. The number of likely N-dealkylation sites (N-methyl/N-ethyl adjacent to an activating group) is 2. The van der Waals surface area contributed by atoms with Gasteiger partial charge in [0.05, 0.1) is 66.2 Å². The number of ether oxygens (including phenoxy) is 5. The maximum atomic E-state index is 15.0. The summed E-state index contributed by atoms with van der Waals surface area (Å²) < 4.78 is 29.0. The van der Waals surface area contributed by atoms with E-state index in [1.54, 1.807) is 124 Å². The van der Waals surface area contributed by atoms with Crippen LogP contribution in [0.1, 0.15) is 183 Å². The quantitative estimate of drug-likeness (QED) is 0.0122. The number of nitrogens with zero attached hydrogens (tertiary/aromatic N) is 5. The number of carbonyl (C=O) groups excluding carboxylic acids is 13. The Labute approximate surface area is 652 Å². The molecule has 30 nitrogen and oxygen atoms in total. The van der Waals surface area contributed by atoms with Crippen LogP contribution >= 0.6 is 0 Å². The number of rotatable bonds is 38. The molecule has 12 atom stereocenters. The SMILES string of the molecule is CC[C@H](C)[C@H]([C@@H](CC(=O)N1CCC[C@H]1[C@@H](OC)[C@@H](C)C(=O)N[C@@H](C)[C@H](O)c1ccccc1)OC)N(C)C(=O)[C@@H](CC(=O)[C@H](C(C)C)N(C)C(=O)OCc1ccc(NC(=O)[C@H](CCCNC(N)=O)NC(=O)[C@@H](NC(=O)c2ccc(N3C(=O)C=CC3=O)c(N(CC(=O)OC(C)(C)C)C(=O)OC(C)(C)C)c2)C(C)C)cc1)C(C)C. The van der Waals surface area contributed by atoms with Crippen molar-refractivity contribution in [2.75, 3.05) is 63.1 Å². The summed E-state index contributed by atoms with van der Waals surface area (Å²) >= 11 is 0. The molecule has 3 aromatic carbocycles. The molecule has 12 amide bonds. The number of carbonyl (C=O) groups is 13. The first-order valence-corrected chi connectivity index (χ1v) is 38.0. The number of methoxy groups -OCH3 is 2. The van der Waals surface area contributed by atoms with E-state index in [1.807, 2.05) is 45.9 Å². The van der Waals surface area contributed by atoms with Crippen LogP contribution in [0.5, 0.6) is 0 Å². The molecule has 1 fully saturated rings. The number of primary amides is 1. The number of imide groups is 1. The van der Waals surface area contributed by atoms with Gasteiger partial charge in [-0.1, -0.05) is 111 Å². The molecule has 111 heavy (non-hydrogen) atoms. The molecule has 5 rings (SSSR count). The monoisotopic (exact) mass is 1550 g/mol. The first kappa shape index (κ1) is 91.8. The maximum absolute atomic E-state index is 15.0. The largest absolute Gasteiger partial charge is 0.459 e. The van der Waals surface area contributed by atoms with Crippen LogP contribution in [-0.2, 0) is 73.4 Å². The topological polar surface area (TPSA) is 391 Å². The molecule has 30 heteroatoms. The number of aliphatic hydroxyl groups is 1. The fourth-order valence-corrected chi connectivity index (χ4v) is 13.8. The van der Waals surface area contributed by atoms with Crippen LogP contribution in [-0.4, -0.2) is 205 Å². The minimum atomic E-state index is -1.34. The zero-order chi connectivity index (χ0) is 83.3. The predicted molar refractivity (Wildman–Crippen MR) is 417 cm³/mol. The second-order valence-electron chi connectivity index (χ2n) is 31.7. The Morgan fingerprint density at radius 3 is 1.87 bits per heavy atom. The Balaban J connectivity index is 1.26. The van der Waals surface area contributed by atoms with Crippen LogP contribution in [0.25, 0.3) is 0 Å².